The third-order valence-corrected chi connectivity index (χ3v) is 11.5. The van der Waals surface area contributed by atoms with E-state index in [0.717, 1.165) is 63.7 Å². The van der Waals surface area contributed by atoms with Crippen LogP contribution in [-0.4, -0.2) is 37.2 Å². The summed E-state index contributed by atoms with van der Waals surface area (Å²) in [4.78, 5) is 37.7. The second-order valence-corrected chi connectivity index (χ2v) is 17.9. The summed E-state index contributed by atoms with van der Waals surface area (Å²) in [5.41, 5.74) is 0. The zero-order chi connectivity index (χ0) is 41.7. The molecule has 57 heavy (non-hydrogen) atoms. The van der Waals surface area contributed by atoms with Crippen molar-refractivity contribution in [1.82, 2.24) is 0 Å². The number of carbonyl (C=O) groups excluding carboxylic acids is 3. The van der Waals surface area contributed by atoms with Gasteiger partial charge in [0.05, 0.1) is 0 Å². The van der Waals surface area contributed by atoms with Crippen LogP contribution < -0.4 is 0 Å². The minimum Gasteiger partial charge on any atom is -0.462 e. The van der Waals surface area contributed by atoms with Crippen molar-refractivity contribution >= 4 is 17.9 Å². The van der Waals surface area contributed by atoms with Crippen molar-refractivity contribution in [2.45, 2.75) is 291 Å². The van der Waals surface area contributed by atoms with Crippen LogP contribution in [0.15, 0.2) is 0 Å². The number of rotatable bonds is 46. The first-order valence-electron chi connectivity index (χ1n) is 25.4. The number of carbonyl (C=O) groups is 3. The number of hydrogen-bond acceptors (Lipinski definition) is 6. The molecule has 0 aliphatic carbocycles. The van der Waals surface area contributed by atoms with E-state index < -0.39 is 6.10 Å². The van der Waals surface area contributed by atoms with Crippen LogP contribution in [0.5, 0.6) is 0 Å². The van der Waals surface area contributed by atoms with Gasteiger partial charge in [0.15, 0.2) is 6.10 Å². The maximum Gasteiger partial charge on any atom is 0.306 e. The van der Waals surface area contributed by atoms with Gasteiger partial charge in [0.1, 0.15) is 13.2 Å². The van der Waals surface area contributed by atoms with Crippen LogP contribution in [0, 0.1) is 5.92 Å². The number of esters is 3. The summed E-state index contributed by atoms with van der Waals surface area (Å²) in [6.45, 7) is 8.98. The van der Waals surface area contributed by atoms with Crippen LogP contribution in [0.4, 0.5) is 0 Å². The highest BCUT2D eigenvalue weighted by Gasteiger charge is 2.19. The number of ether oxygens (including phenoxy) is 3. The Labute approximate surface area is 355 Å². The lowest BCUT2D eigenvalue weighted by Gasteiger charge is -2.18. The molecule has 0 fully saturated rings. The molecule has 0 amide bonds. The number of hydrogen-bond donors (Lipinski definition) is 0. The Bertz CT molecular complexity index is 857. The molecule has 0 rings (SSSR count). The van der Waals surface area contributed by atoms with Crippen LogP contribution in [0.25, 0.3) is 0 Å². The first-order chi connectivity index (χ1) is 27.9. The van der Waals surface area contributed by atoms with Gasteiger partial charge in [-0.15, -0.1) is 0 Å². The largest absolute Gasteiger partial charge is 0.462 e. The standard InChI is InChI=1S/C51H98O6/c1-5-7-9-11-13-14-15-16-17-18-19-20-21-24-27-31-35-39-43-50(53)56-46-48(45-55-49(52)42-38-34-29-12-10-8-6-2)57-51(54)44-40-36-32-28-25-22-23-26-30-33-37-41-47(3)4/h47-48H,5-46H2,1-4H3/t48-/m1/s1. The summed E-state index contributed by atoms with van der Waals surface area (Å²) >= 11 is 0. The molecule has 0 radical (unpaired) electrons. The molecule has 1 atom stereocenters. The SMILES string of the molecule is CCCCCCCCCCCCCCCCCCCCC(=O)OC[C@@H](COC(=O)CCCCCCCCC)OC(=O)CCCCCCCCCCCCCC(C)C. The lowest BCUT2D eigenvalue weighted by Crippen LogP contribution is -2.30. The van der Waals surface area contributed by atoms with E-state index in [1.54, 1.807) is 0 Å². The molecule has 0 N–H and O–H groups in total. The summed E-state index contributed by atoms with van der Waals surface area (Å²) in [6, 6.07) is 0. The minimum absolute atomic E-state index is 0.0634. The van der Waals surface area contributed by atoms with Crippen molar-refractivity contribution in [3.63, 3.8) is 0 Å². The highest BCUT2D eigenvalue weighted by Crippen LogP contribution is 2.17. The Balaban J connectivity index is 4.18. The van der Waals surface area contributed by atoms with E-state index in [4.69, 9.17) is 14.2 Å². The average Bonchev–Trinajstić information content (AvgIpc) is 3.19. The van der Waals surface area contributed by atoms with Crippen LogP contribution in [0.2, 0.25) is 0 Å². The van der Waals surface area contributed by atoms with Gasteiger partial charge in [0.25, 0.3) is 0 Å². The highest BCUT2D eigenvalue weighted by atomic mass is 16.6. The number of unbranched alkanes of at least 4 members (excludes halogenated alkanes) is 33. The Morgan fingerprint density at radius 3 is 0.860 bits per heavy atom. The van der Waals surface area contributed by atoms with Crippen molar-refractivity contribution in [3.05, 3.63) is 0 Å². The van der Waals surface area contributed by atoms with Crippen molar-refractivity contribution in [2.75, 3.05) is 13.2 Å². The van der Waals surface area contributed by atoms with Crippen LogP contribution in [0.1, 0.15) is 285 Å². The molecular formula is C51H98O6. The Kier molecular flexibility index (Phi) is 44.2. The maximum atomic E-state index is 12.7. The third kappa shape index (κ3) is 45.3. The van der Waals surface area contributed by atoms with Crippen molar-refractivity contribution in [1.29, 1.82) is 0 Å². The molecule has 0 saturated carbocycles. The Morgan fingerprint density at radius 1 is 0.333 bits per heavy atom. The predicted octanol–water partition coefficient (Wildman–Crippen LogP) is 16.3. The van der Waals surface area contributed by atoms with Gasteiger partial charge in [-0.05, 0) is 25.2 Å². The zero-order valence-electron chi connectivity index (χ0n) is 38.8. The molecule has 0 bridgehead atoms. The lowest BCUT2D eigenvalue weighted by molar-refractivity contribution is -0.167. The molecule has 0 aromatic rings. The van der Waals surface area contributed by atoms with Gasteiger partial charge in [-0.25, -0.2) is 0 Å². The van der Waals surface area contributed by atoms with Gasteiger partial charge >= 0.3 is 17.9 Å². The first-order valence-corrected chi connectivity index (χ1v) is 25.4. The smallest absolute Gasteiger partial charge is 0.306 e. The van der Waals surface area contributed by atoms with E-state index in [1.807, 2.05) is 0 Å². The molecule has 0 aliphatic heterocycles. The second-order valence-electron chi connectivity index (χ2n) is 17.9. The van der Waals surface area contributed by atoms with E-state index in [2.05, 4.69) is 27.7 Å². The van der Waals surface area contributed by atoms with E-state index in [9.17, 15) is 14.4 Å². The topological polar surface area (TPSA) is 78.9 Å². The molecular weight excluding hydrogens is 709 g/mol. The molecule has 0 heterocycles. The van der Waals surface area contributed by atoms with Crippen LogP contribution in [0.3, 0.4) is 0 Å². The first kappa shape index (κ1) is 55.4. The molecule has 0 saturated heterocycles. The van der Waals surface area contributed by atoms with Crippen LogP contribution >= 0.6 is 0 Å². The summed E-state index contributed by atoms with van der Waals surface area (Å²) in [5, 5.41) is 0. The quantitative estimate of drug-likeness (QED) is 0.0346. The molecule has 6 nitrogen and oxygen atoms in total. The van der Waals surface area contributed by atoms with Gasteiger partial charge in [0.2, 0.25) is 0 Å². The van der Waals surface area contributed by atoms with E-state index in [1.165, 1.54) is 180 Å². The Hall–Kier alpha value is -1.59. The highest BCUT2D eigenvalue weighted by molar-refractivity contribution is 5.71. The summed E-state index contributed by atoms with van der Waals surface area (Å²) < 4.78 is 16.7. The summed E-state index contributed by atoms with van der Waals surface area (Å²) in [6.07, 6.45) is 46.7. The van der Waals surface area contributed by atoms with E-state index >= 15 is 0 Å². The minimum atomic E-state index is -0.759. The van der Waals surface area contributed by atoms with Crippen molar-refractivity contribution in [2.24, 2.45) is 5.92 Å². The normalized spacial score (nSPS) is 11.9. The monoisotopic (exact) mass is 807 g/mol. The predicted molar refractivity (Wildman–Crippen MR) is 243 cm³/mol. The van der Waals surface area contributed by atoms with Gasteiger partial charge in [-0.1, -0.05) is 246 Å². The fourth-order valence-corrected chi connectivity index (χ4v) is 7.69. The average molecular weight is 807 g/mol. The summed E-state index contributed by atoms with van der Waals surface area (Å²) in [5.74, 6) is -0.0286. The maximum absolute atomic E-state index is 12.7. The Morgan fingerprint density at radius 2 is 0.579 bits per heavy atom. The van der Waals surface area contributed by atoms with Gasteiger partial charge < -0.3 is 14.2 Å². The third-order valence-electron chi connectivity index (χ3n) is 11.5. The van der Waals surface area contributed by atoms with E-state index in [0.29, 0.717) is 19.3 Å². The van der Waals surface area contributed by atoms with Gasteiger partial charge in [0, 0.05) is 19.3 Å². The molecule has 0 spiro atoms. The fourth-order valence-electron chi connectivity index (χ4n) is 7.69. The lowest BCUT2D eigenvalue weighted by atomic mass is 10.0. The van der Waals surface area contributed by atoms with Crippen molar-refractivity contribution in [3.8, 4) is 0 Å². The fraction of sp³-hybridized carbons (Fsp3) is 0.941. The van der Waals surface area contributed by atoms with Crippen LogP contribution in [-0.2, 0) is 28.6 Å². The van der Waals surface area contributed by atoms with Crippen molar-refractivity contribution < 1.29 is 28.6 Å². The van der Waals surface area contributed by atoms with Gasteiger partial charge in [-0.3, -0.25) is 14.4 Å². The summed E-state index contributed by atoms with van der Waals surface area (Å²) in [7, 11) is 0. The molecule has 0 unspecified atom stereocenters. The molecule has 0 aliphatic rings. The zero-order valence-corrected chi connectivity index (χ0v) is 38.8. The molecule has 0 aromatic heterocycles. The molecule has 338 valence electrons. The van der Waals surface area contributed by atoms with E-state index in [-0.39, 0.29) is 31.1 Å². The molecule has 6 heteroatoms. The molecule has 0 aromatic carbocycles. The second kappa shape index (κ2) is 45.5. The van der Waals surface area contributed by atoms with Gasteiger partial charge in [-0.2, -0.15) is 0 Å².